The Balaban J connectivity index is 1.81. The number of rotatable bonds is 2. The fourth-order valence-electron chi connectivity index (χ4n) is 3.04. The first-order chi connectivity index (χ1) is 9.83. The summed E-state index contributed by atoms with van der Waals surface area (Å²) >= 11 is 0. The topological polar surface area (TPSA) is 54.7 Å². The van der Waals surface area contributed by atoms with Gasteiger partial charge in [-0.25, -0.2) is 4.98 Å². The third kappa shape index (κ3) is 1.82. The molecule has 0 spiro atoms. The second-order valence-corrected chi connectivity index (χ2v) is 5.48. The quantitative estimate of drug-likeness (QED) is 0.746. The van der Waals surface area contributed by atoms with E-state index in [9.17, 15) is 0 Å². The van der Waals surface area contributed by atoms with Crippen LogP contribution in [0.1, 0.15) is 23.1 Å². The molecule has 0 saturated heterocycles. The number of nitrogens with zero attached hydrogens (tertiary/aromatic N) is 1. The third-order valence-corrected chi connectivity index (χ3v) is 4.15. The molecule has 3 aromatic rings. The number of imidazole rings is 1. The van der Waals surface area contributed by atoms with E-state index in [-0.39, 0.29) is 0 Å². The first kappa shape index (κ1) is 11.7. The molecule has 0 fully saturated rings. The maximum absolute atomic E-state index is 5.69. The number of aromatic amines is 1. The van der Waals surface area contributed by atoms with Gasteiger partial charge in [-0.15, -0.1) is 0 Å². The second kappa shape index (κ2) is 4.46. The second-order valence-electron chi connectivity index (χ2n) is 5.48. The first-order valence-electron chi connectivity index (χ1n) is 7.14. The van der Waals surface area contributed by atoms with E-state index in [0.717, 1.165) is 22.4 Å². The van der Waals surface area contributed by atoms with Crippen LogP contribution in [-0.2, 0) is 19.4 Å². The predicted molar refractivity (Wildman–Crippen MR) is 81.4 cm³/mol. The number of aryl methyl sites for hydroxylation is 2. The van der Waals surface area contributed by atoms with E-state index in [2.05, 4.69) is 34.2 Å². The van der Waals surface area contributed by atoms with Crippen LogP contribution in [0.4, 0.5) is 0 Å². The summed E-state index contributed by atoms with van der Waals surface area (Å²) in [6.07, 6.45) is 3.69. The average molecular weight is 263 g/mol. The third-order valence-electron chi connectivity index (χ3n) is 4.15. The van der Waals surface area contributed by atoms with Crippen LogP contribution in [0.15, 0.2) is 36.4 Å². The van der Waals surface area contributed by atoms with Gasteiger partial charge in [-0.1, -0.05) is 18.2 Å². The lowest BCUT2D eigenvalue weighted by Gasteiger charge is -2.01. The van der Waals surface area contributed by atoms with Gasteiger partial charge >= 0.3 is 0 Å². The smallest absolute Gasteiger partial charge is 0.138 e. The SMILES string of the molecule is NCc1ccc2nc(-c3ccc4c(c3)CCC4)[nH]c2c1. The van der Waals surface area contributed by atoms with Crippen molar-refractivity contribution in [3.8, 4) is 11.4 Å². The summed E-state index contributed by atoms with van der Waals surface area (Å²) in [4.78, 5) is 8.10. The fourth-order valence-corrected chi connectivity index (χ4v) is 3.04. The minimum absolute atomic E-state index is 0.559. The van der Waals surface area contributed by atoms with Crippen molar-refractivity contribution in [3.63, 3.8) is 0 Å². The Morgan fingerprint density at radius 2 is 1.95 bits per heavy atom. The highest BCUT2D eigenvalue weighted by molar-refractivity contribution is 5.80. The van der Waals surface area contributed by atoms with Crippen LogP contribution in [-0.4, -0.2) is 9.97 Å². The predicted octanol–water partition coefficient (Wildman–Crippen LogP) is 3.18. The van der Waals surface area contributed by atoms with Crippen molar-refractivity contribution >= 4 is 11.0 Å². The lowest BCUT2D eigenvalue weighted by Crippen LogP contribution is -1.95. The molecule has 20 heavy (non-hydrogen) atoms. The van der Waals surface area contributed by atoms with Crippen molar-refractivity contribution < 1.29 is 0 Å². The van der Waals surface area contributed by atoms with E-state index in [4.69, 9.17) is 5.73 Å². The molecule has 2 aromatic carbocycles. The largest absolute Gasteiger partial charge is 0.338 e. The van der Waals surface area contributed by atoms with Crippen LogP contribution in [0.25, 0.3) is 22.4 Å². The normalized spacial score (nSPS) is 13.8. The van der Waals surface area contributed by atoms with Crippen LogP contribution >= 0.6 is 0 Å². The van der Waals surface area contributed by atoms with Crippen LogP contribution in [0.3, 0.4) is 0 Å². The number of H-pyrrole nitrogens is 1. The minimum atomic E-state index is 0.559. The van der Waals surface area contributed by atoms with Crippen LogP contribution in [0.5, 0.6) is 0 Å². The zero-order valence-corrected chi connectivity index (χ0v) is 11.3. The summed E-state index contributed by atoms with van der Waals surface area (Å²) in [5, 5.41) is 0. The van der Waals surface area contributed by atoms with Crippen molar-refractivity contribution in [2.75, 3.05) is 0 Å². The molecule has 3 nitrogen and oxygen atoms in total. The Kier molecular flexibility index (Phi) is 2.60. The lowest BCUT2D eigenvalue weighted by molar-refractivity contribution is 0.912. The molecule has 0 saturated carbocycles. The molecule has 3 N–H and O–H groups in total. The first-order valence-corrected chi connectivity index (χ1v) is 7.14. The maximum Gasteiger partial charge on any atom is 0.138 e. The van der Waals surface area contributed by atoms with Gasteiger partial charge in [0.05, 0.1) is 11.0 Å². The molecule has 3 heteroatoms. The molecule has 1 aliphatic carbocycles. The van der Waals surface area contributed by atoms with Crippen molar-refractivity contribution in [2.24, 2.45) is 5.73 Å². The van der Waals surface area contributed by atoms with Crippen LogP contribution in [0.2, 0.25) is 0 Å². The summed E-state index contributed by atoms with van der Waals surface area (Å²) in [6, 6.07) is 12.9. The van der Waals surface area contributed by atoms with E-state index in [0.29, 0.717) is 6.54 Å². The Labute approximate surface area is 117 Å². The lowest BCUT2D eigenvalue weighted by atomic mass is 10.1. The highest BCUT2D eigenvalue weighted by atomic mass is 14.9. The molecule has 1 aliphatic rings. The average Bonchev–Trinajstić information content (AvgIpc) is 3.11. The highest BCUT2D eigenvalue weighted by Gasteiger charge is 2.13. The van der Waals surface area contributed by atoms with Gasteiger partial charge in [0.1, 0.15) is 5.82 Å². The van der Waals surface area contributed by atoms with Gasteiger partial charge in [-0.05, 0) is 54.2 Å². The minimum Gasteiger partial charge on any atom is -0.338 e. The molecule has 0 amide bonds. The summed E-state index contributed by atoms with van der Waals surface area (Å²) in [5.41, 5.74) is 13.0. The molecule has 0 aliphatic heterocycles. The molecule has 0 atom stereocenters. The van der Waals surface area contributed by atoms with Gasteiger partial charge in [0.15, 0.2) is 0 Å². The van der Waals surface area contributed by atoms with Gasteiger partial charge < -0.3 is 10.7 Å². The van der Waals surface area contributed by atoms with Gasteiger partial charge in [0.25, 0.3) is 0 Å². The summed E-state index contributed by atoms with van der Waals surface area (Å²) in [7, 11) is 0. The van der Waals surface area contributed by atoms with Gasteiger partial charge in [0.2, 0.25) is 0 Å². The Morgan fingerprint density at radius 3 is 2.85 bits per heavy atom. The monoisotopic (exact) mass is 263 g/mol. The van der Waals surface area contributed by atoms with Crippen molar-refractivity contribution in [3.05, 3.63) is 53.1 Å². The Morgan fingerprint density at radius 1 is 1.05 bits per heavy atom. The van der Waals surface area contributed by atoms with Crippen LogP contribution in [0, 0.1) is 0 Å². The molecule has 0 radical (unpaired) electrons. The number of hydrogen-bond acceptors (Lipinski definition) is 2. The number of aromatic nitrogens is 2. The van der Waals surface area contributed by atoms with E-state index in [1.54, 1.807) is 0 Å². The molecular formula is C17H17N3. The summed E-state index contributed by atoms with van der Waals surface area (Å²) in [5.74, 6) is 0.948. The fraction of sp³-hybridized carbons (Fsp3) is 0.235. The molecule has 1 heterocycles. The number of hydrogen-bond donors (Lipinski definition) is 2. The molecule has 0 unspecified atom stereocenters. The van der Waals surface area contributed by atoms with E-state index in [1.807, 2.05) is 12.1 Å². The number of nitrogens with one attached hydrogen (secondary N) is 1. The maximum atomic E-state index is 5.69. The van der Waals surface area contributed by atoms with E-state index >= 15 is 0 Å². The highest BCUT2D eigenvalue weighted by Crippen LogP contribution is 2.28. The summed E-state index contributed by atoms with van der Waals surface area (Å²) < 4.78 is 0. The molecule has 1 aromatic heterocycles. The zero-order valence-electron chi connectivity index (χ0n) is 11.3. The molecule has 100 valence electrons. The molecule has 4 rings (SSSR count). The zero-order chi connectivity index (χ0) is 13.5. The Bertz CT molecular complexity index is 786. The van der Waals surface area contributed by atoms with Gasteiger partial charge in [-0.2, -0.15) is 0 Å². The number of fused-ring (bicyclic) bond motifs is 2. The van der Waals surface area contributed by atoms with Gasteiger partial charge in [-0.3, -0.25) is 0 Å². The van der Waals surface area contributed by atoms with Crippen molar-refractivity contribution in [1.29, 1.82) is 0 Å². The molecule has 0 bridgehead atoms. The van der Waals surface area contributed by atoms with Crippen molar-refractivity contribution in [2.45, 2.75) is 25.8 Å². The summed E-state index contributed by atoms with van der Waals surface area (Å²) in [6.45, 7) is 0.559. The standard InChI is InChI=1S/C17H17N3/c18-10-11-4-7-15-16(8-11)20-17(19-15)14-6-5-12-2-1-3-13(12)9-14/h4-9H,1-3,10,18H2,(H,19,20). The van der Waals surface area contributed by atoms with Crippen molar-refractivity contribution in [1.82, 2.24) is 9.97 Å². The number of nitrogens with two attached hydrogens (primary N) is 1. The van der Waals surface area contributed by atoms with Gasteiger partial charge in [0, 0.05) is 12.1 Å². The number of benzene rings is 2. The molecular weight excluding hydrogens is 246 g/mol. The van der Waals surface area contributed by atoms with Crippen LogP contribution < -0.4 is 5.73 Å². The Hall–Kier alpha value is -2.13. The van der Waals surface area contributed by atoms with E-state index in [1.165, 1.54) is 36.0 Å². The van der Waals surface area contributed by atoms with E-state index < -0.39 is 0 Å².